The lowest BCUT2D eigenvalue weighted by atomic mass is 9.84. The van der Waals surface area contributed by atoms with Crippen LogP contribution in [0.25, 0.3) is 0 Å². The Morgan fingerprint density at radius 1 is 0.826 bits per heavy atom. The van der Waals surface area contributed by atoms with Gasteiger partial charge in [0.05, 0.1) is 6.61 Å². The van der Waals surface area contributed by atoms with Crippen LogP contribution in [0.3, 0.4) is 0 Å². The van der Waals surface area contributed by atoms with Crippen LogP contribution in [0.15, 0.2) is 78.9 Å². The van der Waals surface area contributed by atoms with Gasteiger partial charge in [-0.2, -0.15) is 0 Å². The summed E-state index contributed by atoms with van der Waals surface area (Å²) >= 11 is 0. The van der Waals surface area contributed by atoms with Crippen LogP contribution >= 0.6 is 0 Å². The smallest absolute Gasteiger partial charge is 0.119 e. The molecule has 0 heterocycles. The van der Waals surface area contributed by atoms with Crippen molar-refractivity contribution in [1.29, 1.82) is 0 Å². The van der Waals surface area contributed by atoms with Crippen LogP contribution in [-0.4, -0.2) is 6.61 Å². The molecule has 0 saturated carbocycles. The summed E-state index contributed by atoms with van der Waals surface area (Å²) in [5.74, 6) is 0.950. The lowest BCUT2D eigenvalue weighted by Gasteiger charge is -2.21. The molecule has 0 fully saturated rings. The molecule has 2 nitrogen and oxygen atoms in total. The quantitative estimate of drug-likeness (QED) is 0.540. The van der Waals surface area contributed by atoms with Crippen molar-refractivity contribution >= 4 is 5.69 Å². The second kappa shape index (κ2) is 7.01. The van der Waals surface area contributed by atoms with Crippen LogP contribution in [0.5, 0.6) is 5.75 Å². The Morgan fingerprint density at radius 2 is 1.39 bits per heavy atom. The molecule has 3 aromatic rings. The standard InChI is InChI=1S/C21H21NO/c1-2-23-18-13-14-20(22)19(15-18)21(16-9-5-3-6-10-16)17-11-7-4-8-12-17/h3-15,21H,2,22H2,1H3. The van der Waals surface area contributed by atoms with E-state index in [0.29, 0.717) is 6.61 Å². The van der Waals surface area contributed by atoms with Crippen molar-refractivity contribution in [3.63, 3.8) is 0 Å². The first-order chi connectivity index (χ1) is 11.3. The minimum Gasteiger partial charge on any atom is -0.494 e. The number of ether oxygens (including phenoxy) is 1. The Hall–Kier alpha value is -2.74. The molecule has 0 aliphatic carbocycles. The highest BCUT2D eigenvalue weighted by Gasteiger charge is 2.19. The fourth-order valence-corrected chi connectivity index (χ4v) is 2.90. The summed E-state index contributed by atoms with van der Waals surface area (Å²) in [6.45, 7) is 2.63. The van der Waals surface area contributed by atoms with Gasteiger partial charge in [0, 0.05) is 11.6 Å². The number of hydrogen-bond acceptors (Lipinski definition) is 2. The van der Waals surface area contributed by atoms with Crippen molar-refractivity contribution in [1.82, 2.24) is 0 Å². The van der Waals surface area contributed by atoms with Crippen LogP contribution in [0.2, 0.25) is 0 Å². The molecule has 2 N–H and O–H groups in total. The van der Waals surface area contributed by atoms with E-state index >= 15 is 0 Å². The van der Waals surface area contributed by atoms with Gasteiger partial charge in [-0.3, -0.25) is 0 Å². The van der Waals surface area contributed by atoms with Crippen molar-refractivity contribution in [2.75, 3.05) is 12.3 Å². The summed E-state index contributed by atoms with van der Waals surface area (Å²) in [7, 11) is 0. The molecule has 0 aliphatic heterocycles. The predicted octanol–water partition coefficient (Wildman–Crippen LogP) is 4.85. The van der Waals surface area contributed by atoms with E-state index < -0.39 is 0 Å². The molecule has 0 aromatic heterocycles. The molecule has 0 atom stereocenters. The summed E-state index contributed by atoms with van der Waals surface area (Å²) in [4.78, 5) is 0. The molecular formula is C21H21NO. The number of benzene rings is 3. The number of anilines is 1. The van der Waals surface area contributed by atoms with Crippen LogP contribution in [-0.2, 0) is 0 Å². The third-order valence-corrected chi connectivity index (χ3v) is 3.95. The topological polar surface area (TPSA) is 35.2 Å². The highest BCUT2D eigenvalue weighted by Crippen LogP contribution is 2.36. The molecule has 0 radical (unpaired) electrons. The number of rotatable bonds is 5. The second-order valence-electron chi connectivity index (χ2n) is 5.48. The van der Waals surface area contributed by atoms with Crippen LogP contribution in [0.1, 0.15) is 29.5 Å². The number of hydrogen-bond donors (Lipinski definition) is 1. The van der Waals surface area contributed by atoms with Gasteiger partial charge in [0.1, 0.15) is 5.75 Å². The van der Waals surface area contributed by atoms with Crippen LogP contribution < -0.4 is 10.5 Å². The zero-order chi connectivity index (χ0) is 16.1. The van der Waals surface area contributed by atoms with E-state index in [2.05, 4.69) is 54.6 Å². The molecule has 0 saturated heterocycles. The molecule has 0 spiro atoms. The van der Waals surface area contributed by atoms with Crippen molar-refractivity contribution < 1.29 is 4.74 Å². The van der Waals surface area contributed by atoms with E-state index in [1.807, 2.05) is 31.2 Å². The maximum absolute atomic E-state index is 6.31. The Bertz CT molecular complexity index is 714. The summed E-state index contributed by atoms with van der Waals surface area (Å²) < 4.78 is 5.67. The molecule has 2 heteroatoms. The first-order valence-electron chi connectivity index (χ1n) is 7.91. The molecule has 0 amide bonds. The maximum Gasteiger partial charge on any atom is 0.119 e. The average Bonchev–Trinajstić information content (AvgIpc) is 2.60. The van der Waals surface area contributed by atoms with Crippen molar-refractivity contribution in [2.24, 2.45) is 0 Å². The number of nitrogens with two attached hydrogens (primary N) is 1. The molecule has 116 valence electrons. The van der Waals surface area contributed by atoms with E-state index in [1.54, 1.807) is 0 Å². The van der Waals surface area contributed by atoms with Gasteiger partial charge in [-0.05, 0) is 41.8 Å². The zero-order valence-electron chi connectivity index (χ0n) is 13.3. The first kappa shape index (κ1) is 15.2. The SMILES string of the molecule is CCOc1ccc(N)c(C(c2ccccc2)c2ccccc2)c1. The predicted molar refractivity (Wildman–Crippen MR) is 95.9 cm³/mol. The van der Waals surface area contributed by atoms with E-state index in [0.717, 1.165) is 17.0 Å². The van der Waals surface area contributed by atoms with Gasteiger partial charge in [0.2, 0.25) is 0 Å². The molecule has 0 bridgehead atoms. The third kappa shape index (κ3) is 3.37. The van der Waals surface area contributed by atoms with Crippen LogP contribution in [0, 0.1) is 0 Å². The van der Waals surface area contributed by atoms with Crippen molar-refractivity contribution in [3.8, 4) is 5.75 Å². The van der Waals surface area contributed by atoms with Crippen molar-refractivity contribution in [2.45, 2.75) is 12.8 Å². The molecular weight excluding hydrogens is 282 g/mol. The largest absolute Gasteiger partial charge is 0.494 e. The number of nitrogen functional groups attached to an aromatic ring is 1. The molecule has 0 aliphatic rings. The minimum atomic E-state index is 0.0952. The first-order valence-corrected chi connectivity index (χ1v) is 7.91. The lowest BCUT2D eigenvalue weighted by molar-refractivity contribution is 0.340. The highest BCUT2D eigenvalue weighted by molar-refractivity contribution is 5.58. The Morgan fingerprint density at radius 3 is 1.91 bits per heavy atom. The third-order valence-electron chi connectivity index (χ3n) is 3.95. The monoisotopic (exact) mass is 303 g/mol. The van der Waals surface area contributed by atoms with Crippen LogP contribution in [0.4, 0.5) is 5.69 Å². The van der Waals surface area contributed by atoms with Gasteiger partial charge >= 0.3 is 0 Å². The molecule has 23 heavy (non-hydrogen) atoms. The van der Waals surface area contributed by atoms with Gasteiger partial charge in [0.15, 0.2) is 0 Å². The Kier molecular flexibility index (Phi) is 4.62. The summed E-state index contributed by atoms with van der Waals surface area (Å²) in [5, 5.41) is 0. The fourth-order valence-electron chi connectivity index (χ4n) is 2.90. The summed E-state index contributed by atoms with van der Waals surface area (Å²) in [6.07, 6.45) is 0. The van der Waals surface area contributed by atoms with Gasteiger partial charge < -0.3 is 10.5 Å². The molecule has 3 aromatic carbocycles. The minimum absolute atomic E-state index is 0.0952. The highest BCUT2D eigenvalue weighted by atomic mass is 16.5. The van der Waals surface area contributed by atoms with Gasteiger partial charge in [0.25, 0.3) is 0 Å². The Labute approximate surface area is 137 Å². The van der Waals surface area contributed by atoms with Gasteiger partial charge in [-0.25, -0.2) is 0 Å². The lowest BCUT2D eigenvalue weighted by Crippen LogP contribution is -2.07. The summed E-state index contributed by atoms with van der Waals surface area (Å²) in [5.41, 5.74) is 10.6. The van der Waals surface area contributed by atoms with E-state index in [1.165, 1.54) is 11.1 Å². The normalized spacial score (nSPS) is 10.7. The van der Waals surface area contributed by atoms with Gasteiger partial charge in [-0.1, -0.05) is 60.7 Å². The summed E-state index contributed by atoms with van der Waals surface area (Å²) in [6, 6.07) is 26.8. The molecule has 0 unspecified atom stereocenters. The zero-order valence-corrected chi connectivity index (χ0v) is 13.3. The molecule has 3 rings (SSSR count). The fraction of sp³-hybridized carbons (Fsp3) is 0.143. The second-order valence-corrected chi connectivity index (χ2v) is 5.48. The van der Waals surface area contributed by atoms with E-state index in [9.17, 15) is 0 Å². The van der Waals surface area contributed by atoms with Gasteiger partial charge in [-0.15, -0.1) is 0 Å². The van der Waals surface area contributed by atoms with E-state index in [4.69, 9.17) is 10.5 Å². The van der Waals surface area contributed by atoms with Crippen molar-refractivity contribution in [3.05, 3.63) is 95.6 Å². The average molecular weight is 303 g/mol. The maximum atomic E-state index is 6.31. The van der Waals surface area contributed by atoms with E-state index in [-0.39, 0.29) is 5.92 Å². The Balaban J connectivity index is 2.15.